The first kappa shape index (κ1) is 25.8. The Morgan fingerprint density at radius 1 is 0.838 bits per heavy atom. The van der Waals surface area contributed by atoms with E-state index in [-0.39, 0.29) is 22.3 Å². The van der Waals surface area contributed by atoms with Crippen molar-refractivity contribution in [3.63, 3.8) is 0 Å². The minimum atomic E-state index is -0.878. The third kappa shape index (κ3) is 4.77. The zero-order chi connectivity index (χ0) is 26.9. The number of hydrogen-bond donors (Lipinski definition) is 1. The molecule has 37 heavy (non-hydrogen) atoms. The number of hydrogen-bond acceptors (Lipinski definition) is 6. The van der Waals surface area contributed by atoms with Gasteiger partial charge in [-0.3, -0.25) is 14.5 Å². The molecule has 0 radical (unpaired) electrons. The van der Waals surface area contributed by atoms with Gasteiger partial charge in [-0.2, -0.15) is 0 Å². The predicted octanol–water partition coefficient (Wildman–Crippen LogP) is 5.64. The number of amides is 1. The first-order valence-electron chi connectivity index (χ1n) is 11.9. The normalized spacial score (nSPS) is 17.1. The van der Waals surface area contributed by atoms with Crippen molar-refractivity contribution >= 4 is 23.1 Å². The lowest BCUT2D eigenvalue weighted by molar-refractivity contribution is -0.132. The Hall–Kier alpha value is -4.26. The van der Waals surface area contributed by atoms with Crippen LogP contribution in [0.3, 0.4) is 0 Å². The summed E-state index contributed by atoms with van der Waals surface area (Å²) in [5.74, 6) is -0.542. The van der Waals surface area contributed by atoms with Crippen molar-refractivity contribution in [1.29, 1.82) is 0 Å². The summed E-state index contributed by atoms with van der Waals surface area (Å²) in [5.41, 5.74) is 2.39. The molecule has 1 heterocycles. The number of Topliss-reactive ketones (excluding diaryl/α,β-unsaturated/α-hetero) is 1. The van der Waals surface area contributed by atoms with E-state index in [2.05, 4.69) is 20.8 Å². The Balaban J connectivity index is 1.98. The van der Waals surface area contributed by atoms with Crippen LogP contribution in [0.5, 0.6) is 17.2 Å². The molecule has 192 valence electrons. The molecule has 3 aromatic rings. The Morgan fingerprint density at radius 2 is 1.49 bits per heavy atom. The van der Waals surface area contributed by atoms with Crippen LogP contribution in [0, 0.1) is 0 Å². The minimum Gasteiger partial charge on any atom is -0.507 e. The first-order chi connectivity index (χ1) is 17.6. The maximum absolute atomic E-state index is 13.5. The van der Waals surface area contributed by atoms with Crippen LogP contribution in [-0.4, -0.2) is 38.1 Å². The molecule has 0 saturated carbocycles. The van der Waals surface area contributed by atoms with Crippen molar-refractivity contribution in [2.45, 2.75) is 32.2 Å². The Labute approximate surface area is 216 Å². The fourth-order valence-corrected chi connectivity index (χ4v) is 4.48. The second-order valence-corrected chi connectivity index (χ2v) is 9.81. The summed E-state index contributed by atoms with van der Waals surface area (Å²) in [5, 5.41) is 11.5. The molecule has 3 aromatic carbocycles. The summed E-state index contributed by atoms with van der Waals surface area (Å²) in [4.78, 5) is 28.4. The van der Waals surface area contributed by atoms with Gasteiger partial charge >= 0.3 is 0 Å². The SMILES string of the molecule is COc1cccc(N2C(=O)C(=O)/C(=C(/O)c3cc(OC)ccc3OC)C2c2ccc(C(C)(C)C)cc2)c1. The summed E-state index contributed by atoms with van der Waals surface area (Å²) in [7, 11) is 4.51. The molecule has 1 saturated heterocycles. The van der Waals surface area contributed by atoms with Crippen molar-refractivity contribution < 1.29 is 28.9 Å². The van der Waals surface area contributed by atoms with Gasteiger partial charge < -0.3 is 19.3 Å². The van der Waals surface area contributed by atoms with E-state index >= 15 is 0 Å². The van der Waals surface area contributed by atoms with Crippen LogP contribution in [0.25, 0.3) is 5.76 Å². The number of ether oxygens (including phenoxy) is 3. The van der Waals surface area contributed by atoms with Crippen molar-refractivity contribution in [2.75, 3.05) is 26.2 Å². The molecule has 1 amide bonds. The lowest BCUT2D eigenvalue weighted by Gasteiger charge is -2.27. The van der Waals surface area contributed by atoms with Crippen molar-refractivity contribution in [3.05, 3.63) is 89.0 Å². The molecular weight excluding hydrogens is 470 g/mol. The van der Waals surface area contributed by atoms with E-state index in [0.29, 0.717) is 28.5 Å². The maximum atomic E-state index is 13.5. The Kier molecular flexibility index (Phi) is 6.99. The molecule has 0 aliphatic carbocycles. The zero-order valence-corrected chi connectivity index (χ0v) is 21.9. The lowest BCUT2D eigenvalue weighted by Crippen LogP contribution is -2.29. The topological polar surface area (TPSA) is 85.3 Å². The average molecular weight is 502 g/mol. The van der Waals surface area contributed by atoms with E-state index in [1.807, 2.05) is 24.3 Å². The largest absolute Gasteiger partial charge is 0.507 e. The van der Waals surface area contributed by atoms with Gasteiger partial charge in [0.2, 0.25) is 0 Å². The number of ketones is 1. The zero-order valence-electron chi connectivity index (χ0n) is 21.9. The molecule has 1 fully saturated rings. The van der Waals surface area contributed by atoms with Crippen molar-refractivity contribution in [1.82, 2.24) is 0 Å². The minimum absolute atomic E-state index is 0.0390. The molecule has 4 rings (SSSR count). The third-order valence-corrected chi connectivity index (χ3v) is 6.53. The fourth-order valence-electron chi connectivity index (χ4n) is 4.48. The summed E-state index contributed by atoms with van der Waals surface area (Å²) in [6.07, 6.45) is 0. The number of carbonyl (C=O) groups is 2. The molecule has 1 aliphatic heterocycles. The van der Waals surface area contributed by atoms with Crippen LogP contribution < -0.4 is 19.1 Å². The van der Waals surface area contributed by atoms with Gasteiger partial charge in [-0.05, 0) is 46.9 Å². The van der Waals surface area contributed by atoms with Crippen LogP contribution in [0.15, 0.2) is 72.3 Å². The number of aliphatic hydroxyl groups is 1. The van der Waals surface area contributed by atoms with Gasteiger partial charge in [0.25, 0.3) is 11.7 Å². The number of benzene rings is 3. The van der Waals surface area contributed by atoms with Crippen LogP contribution in [-0.2, 0) is 15.0 Å². The summed E-state index contributed by atoms with van der Waals surface area (Å²) in [6.45, 7) is 6.33. The first-order valence-corrected chi connectivity index (χ1v) is 11.9. The average Bonchev–Trinajstić information content (AvgIpc) is 3.17. The van der Waals surface area contributed by atoms with E-state index in [1.54, 1.807) is 42.5 Å². The molecule has 1 atom stereocenters. The summed E-state index contributed by atoms with van der Waals surface area (Å²) < 4.78 is 16.1. The molecule has 7 nitrogen and oxygen atoms in total. The highest BCUT2D eigenvalue weighted by Crippen LogP contribution is 2.44. The second kappa shape index (κ2) is 10.0. The highest BCUT2D eigenvalue weighted by Gasteiger charge is 2.47. The van der Waals surface area contributed by atoms with E-state index < -0.39 is 17.7 Å². The smallest absolute Gasteiger partial charge is 0.300 e. The summed E-state index contributed by atoms with van der Waals surface area (Å²) >= 11 is 0. The van der Waals surface area contributed by atoms with Crippen molar-refractivity contribution in [3.8, 4) is 17.2 Å². The lowest BCUT2D eigenvalue weighted by atomic mass is 9.85. The van der Waals surface area contributed by atoms with Gasteiger partial charge in [-0.25, -0.2) is 0 Å². The molecule has 1 unspecified atom stereocenters. The van der Waals surface area contributed by atoms with Gasteiger partial charge in [-0.1, -0.05) is 51.1 Å². The molecule has 0 aromatic heterocycles. The quantitative estimate of drug-likeness (QED) is 0.267. The third-order valence-electron chi connectivity index (χ3n) is 6.53. The van der Waals surface area contributed by atoms with Gasteiger partial charge in [0, 0.05) is 11.8 Å². The van der Waals surface area contributed by atoms with Gasteiger partial charge in [0.1, 0.15) is 23.0 Å². The van der Waals surface area contributed by atoms with Crippen molar-refractivity contribution in [2.24, 2.45) is 0 Å². The van der Waals surface area contributed by atoms with E-state index in [4.69, 9.17) is 14.2 Å². The van der Waals surface area contributed by atoms with Gasteiger partial charge in [0.15, 0.2) is 0 Å². The fraction of sp³-hybridized carbons (Fsp3) is 0.267. The van der Waals surface area contributed by atoms with E-state index in [1.165, 1.54) is 26.2 Å². The molecule has 1 aliphatic rings. The number of nitrogens with zero attached hydrogens (tertiary/aromatic N) is 1. The molecule has 7 heteroatoms. The highest BCUT2D eigenvalue weighted by atomic mass is 16.5. The van der Waals surface area contributed by atoms with Crippen LogP contribution in [0.1, 0.15) is 43.5 Å². The predicted molar refractivity (Wildman–Crippen MR) is 142 cm³/mol. The number of rotatable bonds is 6. The number of carbonyl (C=O) groups excluding carboxylic acids is 2. The molecule has 0 spiro atoms. The van der Waals surface area contributed by atoms with E-state index in [9.17, 15) is 14.7 Å². The monoisotopic (exact) mass is 501 g/mol. The summed E-state index contributed by atoms with van der Waals surface area (Å²) in [6, 6.07) is 18.7. The van der Waals surface area contributed by atoms with Crippen LogP contribution >= 0.6 is 0 Å². The standard InChI is InChI=1S/C30H31NO6/c1-30(2,3)19-12-10-18(11-13-19)26-25(27(32)23-17-22(36-5)14-15-24(23)37-6)28(33)29(34)31(26)20-8-7-9-21(16-20)35-4/h7-17,26,32H,1-6H3/b27-25+. The van der Waals surface area contributed by atoms with Crippen LogP contribution in [0.2, 0.25) is 0 Å². The Morgan fingerprint density at radius 3 is 2.08 bits per heavy atom. The highest BCUT2D eigenvalue weighted by molar-refractivity contribution is 6.51. The number of anilines is 1. The molecular formula is C30H31NO6. The number of methoxy groups -OCH3 is 3. The second-order valence-electron chi connectivity index (χ2n) is 9.81. The Bertz CT molecular complexity index is 1370. The molecule has 0 bridgehead atoms. The van der Waals surface area contributed by atoms with E-state index in [0.717, 1.165) is 5.56 Å². The number of aliphatic hydroxyl groups excluding tert-OH is 1. The molecule has 1 N–H and O–H groups in total. The van der Waals surface area contributed by atoms with Crippen LogP contribution in [0.4, 0.5) is 5.69 Å². The van der Waals surface area contributed by atoms with Gasteiger partial charge in [-0.15, -0.1) is 0 Å². The van der Waals surface area contributed by atoms with Gasteiger partial charge in [0.05, 0.1) is 38.5 Å². The maximum Gasteiger partial charge on any atom is 0.300 e.